The van der Waals surface area contributed by atoms with E-state index in [0.29, 0.717) is 17.7 Å². The van der Waals surface area contributed by atoms with E-state index in [4.69, 9.17) is 9.47 Å². The third-order valence-corrected chi connectivity index (χ3v) is 3.33. The van der Waals surface area contributed by atoms with E-state index in [-0.39, 0.29) is 37.1 Å². The molecule has 0 bridgehead atoms. The number of nitrogens with one attached hydrogen (secondary N) is 1. The Morgan fingerprint density at radius 2 is 1.92 bits per heavy atom. The average Bonchev–Trinajstić information content (AvgIpc) is 2.90. The third kappa shape index (κ3) is 5.62. The average molecular weight is 363 g/mol. The number of allylic oxidation sites excluding steroid dienone is 1. The van der Waals surface area contributed by atoms with E-state index in [1.54, 1.807) is 6.08 Å². The lowest BCUT2D eigenvalue weighted by atomic mass is 10.1. The van der Waals surface area contributed by atoms with Gasteiger partial charge in [0.05, 0.1) is 6.61 Å². The van der Waals surface area contributed by atoms with E-state index >= 15 is 0 Å². The van der Waals surface area contributed by atoms with Crippen molar-refractivity contribution in [3.05, 3.63) is 58.2 Å². The summed E-state index contributed by atoms with van der Waals surface area (Å²) in [6, 6.07) is 0. The number of carbonyl (C=O) groups excluding carboxylic acids is 3. The Bertz CT molecular complexity index is 839. The molecule has 0 radical (unpaired) electrons. The standard InChI is InChI=1S/C17H17NO8/c1-10-3-4-12(16(21)18-10)7-8-23-14(19)5-6-15(20)24-9-13-11(2)25-17(22)26-13/h4-6H,1,3,7-9H2,2H3,(H,18,21)/b6-5+. The number of aryl methyl sites for hydroxylation is 1. The fourth-order valence-electron chi connectivity index (χ4n) is 1.98. The van der Waals surface area contributed by atoms with Crippen LogP contribution in [-0.4, -0.2) is 24.5 Å². The van der Waals surface area contributed by atoms with E-state index in [2.05, 4.69) is 20.7 Å². The van der Waals surface area contributed by atoms with Crippen LogP contribution in [0.15, 0.2) is 49.7 Å². The van der Waals surface area contributed by atoms with Gasteiger partial charge in [-0.3, -0.25) is 4.79 Å². The summed E-state index contributed by atoms with van der Waals surface area (Å²) in [6.45, 7) is 4.82. The Hall–Kier alpha value is -3.36. The zero-order valence-corrected chi connectivity index (χ0v) is 14.0. The molecule has 0 aromatic carbocycles. The largest absolute Gasteiger partial charge is 0.519 e. The van der Waals surface area contributed by atoms with Crippen LogP contribution in [0.2, 0.25) is 0 Å². The van der Waals surface area contributed by atoms with E-state index < -0.39 is 17.8 Å². The topological polar surface area (TPSA) is 125 Å². The second-order valence-corrected chi connectivity index (χ2v) is 5.28. The number of amides is 1. The molecule has 1 aromatic rings. The molecule has 1 aromatic heterocycles. The van der Waals surface area contributed by atoms with Crippen LogP contribution in [0.1, 0.15) is 24.4 Å². The molecule has 26 heavy (non-hydrogen) atoms. The Labute approximate surface area is 147 Å². The van der Waals surface area contributed by atoms with Crippen molar-refractivity contribution in [2.75, 3.05) is 6.61 Å². The van der Waals surface area contributed by atoms with Gasteiger partial charge >= 0.3 is 17.8 Å². The fourth-order valence-corrected chi connectivity index (χ4v) is 1.98. The Kier molecular flexibility index (Phi) is 6.31. The highest BCUT2D eigenvalue weighted by atomic mass is 16.6. The summed E-state index contributed by atoms with van der Waals surface area (Å²) in [5, 5.41) is 2.59. The number of rotatable bonds is 7. The third-order valence-electron chi connectivity index (χ3n) is 3.33. The van der Waals surface area contributed by atoms with Gasteiger partial charge in [0.1, 0.15) is 0 Å². The van der Waals surface area contributed by atoms with Crippen LogP contribution >= 0.6 is 0 Å². The highest BCUT2D eigenvalue weighted by molar-refractivity contribution is 5.95. The molecule has 1 N–H and O–H groups in total. The van der Waals surface area contributed by atoms with E-state index in [1.165, 1.54) is 6.92 Å². The molecule has 2 heterocycles. The van der Waals surface area contributed by atoms with Crippen LogP contribution in [0.5, 0.6) is 0 Å². The van der Waals surface area contributed by atoms with Crippen molar-refractivity contribution in [2.24, 2.45) is 0 Å². The van der Waals surface area contributed by atoms with Crippen LogP contribution in [-0.2, 0) is 30.5 Å². The maximum absolute atomic E-state index is 11.6. The van der Waals surface area contributed by atoms with Crippen LogP contribution in [0.4, 0.5) is 0 Å². The lowest BCUT2D eigenvalue weighted by Gasteiger charge is -2.15. The lowest BCUT2D eigenvalue weighted by Crippen LogP contribution is -2.27. The molecule has 9 heteroatoms. The first-order chi connectivity index (χ1) is 12.3. The van der Waals surface area contributed by atoms with Crippen molar-refractivity contribution in [3.8, 4) is 0 Å². The maximum Gasteiger partial charge on any atom is 0.519 e. The molecular weight excluding hydrogens is 346 g/mol. The van der Waals surface area contributed by atoms with Gasteiger partial charge in [-0.25, -0.2) is 14.4 Å². The monoisotopic (exact) mass is 363 g/mol. The SMILES string of the molecule is C=C1CC=C(CCOC(=O)/C=C/C(=O)OCc2oc(=O)oc2C)C(=O)N1. The molecule has 2 rings (SSSR count). The molecule has 1 aliphatic heterocycles. The molecule has 0 saturated heterocycles. The molecule has 0 fully saturated rings. The number of ether oxygens (including phenoxy) is 2. The second-order valence-electron chi connectivity index (χ2n) is 5.28. The van der Waals surface area contributed by atoms with Crippen LogP contribution < -0.4 is 11.1 Å². The molecular formula is C17H17NO8. The first-order valence-corrected chi connectivity index (χ1v) is 7.64. The first-order valence-electron chi connectivity index (χ1n) is 7.64. The van der Waals surface area contributed by atoms with E-state index in [9.17, 15) is 19.2 Å². The van der Waals surface area contributed by atoms with Gasteiger partial charge in [0.2, 0.25) is 0 Å². The molecule has 0 atom stereocenters. The van der Waals surface area contributed by atoms with Gasteiger partial charge in [-0.15, -0.1) is 0 Å². The van der Waals surface area contributed by atoms with Gasteiger partial charge in [-0.2, -0.15) is 0 Å². The molecule has 138 valence electrons. The Morgan fingerprint density at radius 1 is 1.23 bits per heavy atom. The van der Waals surface area contributed by atoms with Gasteiger partial charge in [0.15, 0.2) is 18.1 Å². The number of carbonyl (C=O) groups is 3. The van der Waals surface area contributed by atoms with E-state index in [1.807, 2.05) is 0 Å². The van der Waals surface area contributed by atoms with Crippen molar-refractivity contribution in [2.45, 2.75) is 26.4 Å². The summed E-state index contributed by atoms with van der Waals surface area (Å²) in [4.78, 5) is 45.5. The van der Waals surface area contributed by atoms with Crippen molar-refractivity contribution >= 4 is 17.8 Å². The van der Waals surface area contributed by atoms with E-state index in [0.717, 1.165) is 12.2 Å². The lowest BCUT2D eigenvalue weighted by molar-refractivity contribution is -0.141. The molecule has 9 nitrogen and oxygen atoms in total. The molecule has 0 aliphatic carbocycles. The molecule has 0 spiro atoms. The minimum absolute atomic E-state index is 0.0106. The van der Waals surface area contributed by atoms with Crippen LogP contribution in [0, 0.1) is 6.92 Å². The van der Waals surface area contributed by atoms with Crippen molar-refractivity contribution in [1.29, 1.82) is 0 Å². The van der Waals surface area contributed by atoms with Crippen molar-refractivity contribution in [3.63, 3.8) is 0 Å². The minimum Gasteiger partial charge on any atom is -0.462 e. The summed E-state index contributed by atoms with van der Waals surface area (Å²) >= 11 is 0. The predicted octanol–water partition coefficient (Wildman–Crippen LogP) is 1.03. The van der Waals surface area contributed by atoms with Crippen molar-refractivity contribution in [1.82, 2.24) is 5.32 Å². The highest BCUT2D eigenvalue weighted by Gasteiger charge is 2.15. The zero-order chi connectivity index (χ0) is 19.1. The summed E-state index contributed by atoms with van der Waals surface area (Å²) in [5.41, 5.74) is 1.12. The molecule has 1 aliphatic rings. The minimum atomic E-state index is -0.890. The maximum atomic E-state index is 11.6. The number of hydrogen-bond donors (Lipinski definition) is 1. The van der Waals surface area contributed by atoms with Gasteiger partial charge in [0.25, 0.3) is 5.91 Å². The summed E-state index contributed by atoms with van der Waals surface area (Å²) in [5.74, 6) is -2.44. The highest BCUT2D eigenvalue weighted by Crippen LogP contribution is 2.12. The number of esters is 2. The van der Waals surface area contributed by atoms with Gasteiger partial charge in [0, 0.05) is 36.3 Å². The fraction of sp³-hybridized carbons (Fsp3) is 0.294. The van der Waals surface area contributed by atoms with Gasteiger partial charge in [-0.05, 0) is 6.92 Å². The predicted molar refractivity (Wildman–Crippen MR) is 86.5 cm³/mol. The summed E-state index contributed by atoms with van der Waals surface area (Å²) in [6.07, 6.45) is 4.29. The van der Waals surface area contributed by atoms with Crippen LogP contribution in [0.25, 0.3) is 0 Å². The zero-order valence-electron chi connectivity index (χ0n) is 14.0. The second kappa shape index (κ2) is 8.65. The molecule has 0 unspecified atom stereocenters. The smallest absolute Gasteiger partial charge is 0.462 e. The van der Waals surface area contributed by atoms with Gasteiger partial charge < -0.3 is 23.6 Å². The Balaban J connectivity index is 1.70. The normalized spacial score (nSPS) is 14.1. The van der Waals surface area contributed by atoms with Crippen molar-refractivity contribution < 1.29 is 32.7 Å². The van der Waals surface area contributed by atoms with Crippen LogP contribution in [0.3, 0.4) is 0 Å². The van der Waals surface area contributed by atoms with Gasteiger partial charge in [-0.1, -0.05) is 12.7 Å². The Morgan fingerprint density at radius 3 is 2.54 bits per heavy atom. The summed E-state index contributed by atoms with van der Waals surface area (Å²) in [7, 11) is 0. The molecule has 1 amide bonds. The molecule has 0 saturated carbocycles. The summed E-state index contributed by atoms with van der Waals surface area (Å²) < 4.78 is 19.0. The quantitative estimate of drug-likeness (QED) is 0.562. The first kappa shape index (κ1) is 19.0. The number of hydrogen-bond acceptors (Lipinski definition) is 8.